The number of rotatable bonds is 2. The molecule has 0 aliphatic heterocycles. The number of halogens is 1. The Hall–Kier alpha value is -1.65. The fraction of sp³-hybridized carbons (Fsp3) is 0.400. The van der Waals surface area contributed by atoms with E-state index in [2.05, 4.69) is 36.1 Å². The third kappa shape index (κ3) is 3.25. The smallest absolute Gasteiger partial charge is 0.142 e. The number of nitrogens with zero attached hydrogens (tertiary/aromatic N) is 2. The molecule has 1 aromatic carbocycles. The van der Waals surface area contributed by atoms with Crippen LogP contribution in [0.5, 0.6) is 0 Å². The number of anilines is 2. The summed E-state index contributed by atoms with van der Waals surface area (Å²) in [5, 5.41) is 5.34. The minimum atomic E-state index is 0.349. The first-order chi connectivity index (χ1) is 11.9. The van der Waals surface area contributed by atoms with Crippen LogP contribution in [0, 0.1) is 11.3 Å². The molecule has 0 radical (unpaired) electrons. The molecule has 3 nitrogen and oxygen atoms in total. The minimum Gasteiger partial charge on any atom is -0.340 e. The predicted octanol–water partition coefficient (Wildman–Crippen LogP) is 6.24. The molecular weight excluding hydrogens is 350 g/mol. The highest BCUT2D eigenvalue weighted by Gasteiger charge is 2.31. The van der Waals surface area contributed by atoms with E-state index in [1.165, 1.54) is 22.2 Å². The number of benzene rings is 1. The van der Waals surface area contributed by atoms with Gasteiger partial charge in [0.05, 0.1) is 5.39 Å². The number of hydrogen-bond acceptors (Lipinski definition) is 4. The Morgan fingerprint density at radius 2 is 2.08 bits per heavy atom. The van der Waals surface area contributed by atoms with Gasteiger partial charge in [-0.25, -0.2) is 9.97 Å². The summed E-state index contributed by atoms with van der Waals surface area (Å²) in [4.78, 5) is 11.6. The summed E-state index contributed by atoms with van der Waals surface area (Å²) in [5.41, 5.74) is 2.74. The fourth-order valence-corrected chi connectivity index (χ4v) is 5.10. The summed E-state index contributed by atoms with van der Waals surface area (Å²) < 4.78 is 0. The molecule has 3 aromatic rings. The SMILES string of the molecule is CC(C)(C)C1CCc2c(sc3ncnc(Nc4cccc(Cl)c4)c23)C1. The third-order valence-corrected chi connectivity index (χ3v) is 6.55. The molecule has 130 valence electrons. The summed E-state index contributed by atoms with van der Waals surface area (Å²) in [7, 11) is 0. The maximum absolute atomic E-state index is 6.11. The second-order valence-corrected chi connectivity index (χ2v) is 9.37. The van der Waals surface area contributed by atoms with Crippen molar-refractivity contribution in [1.82, 2.24) is 9.97 Å². The van der Waals surface area contributed by atoms with E-state index in [1.807, 2.05) is 35.6 Å². The molecule has 0 fully saturated rings. The summed E-state index contributed by atoms with van der Waals surface area (Å²) in [5.74, 6) is 1.62. The highest BCUT2D eigenvalue weighted by atomic mass is 35.5. The molecule has 0 saturated heterocycles. The molecule has 4 rings (SSSR count). The Morgan fingerprint density at radius 3 is 2.84 bits per heavy atom. The Bertz CT molecular complexity index is 926. The van der Waals surface area contributed by atoms with Gasteiger partial charge in [0.25, 0.3) is 0 Å². The highest BCUT2D eigenvalue weighted by Crippen LogP contribution is 2.44. The predicted molar refractivity (Wildman–Crippen MR) is 107 cm³/mol. The topological polar surface area (TPSA) is 37.8 Å². The van der Waals surface area contributed by atoms with E-state index in [1.54, 1.807) is 6.33 Å². The minimum absolute atomic E-state index is 0.349. The lowest BCUT2D eigenvalue weighted by atomic mass is 9.72. The Kier molecular flexibility index (Phi) is 4.20. The molecule has 1 aliphatic carbocycles. The molecule has 1 unspecified atom stereocenters. The summed E-state index contributed by atoms with van der Waals surface area (Å²) in [6, 6.07) is 7.75. The van der Waals surface area contributed by atoms with Crippen LogP contribution in [0.1, 0.15) is 37.6 Å². The van der Waals surface area contributed by atoms with Gasteiger partial charge >= 0.3 is 0 Å². The van der Waals surface area contributed by atoms with Crippen LogP contribution in [0.15, 0.2) is 30.6 Å². The van der Waals surface area contributed by atoms with E-state index in [4.69, 9.17) is 11.6 Å². The average Bonchev–Trinajstić information content (AvgIpc) is 2.92. The Balaban J connectivity index is 1.74. The molecular formula is C20H22ClN3S. The van der Waals surface area contributed by atoms with Crippen LogP contribution in [0.4, 0.5) is 11.5 Å². The molecule has 1 N–H and O–H groups in total. The van der Waals surface area contributed by atoms with Gasteiger partial charge in [-0.05, 0) is 54.4 Å². The van der Waals surface area contributed by atoms with Crippen LogP contribution < -0.4 is 5.32 Å². The molecule has 0 bridgehead atoms. The molecule has 25 heavy (non-hydrogen) atoms. The van der Waals surface area contributed by atoms with E-state index >= 15 is 0 Å². The van der Waals surface area contributed by atoms with E-state index in [9.17, 15) is 0 Å². The van der Waals surface area contributed by atoms with Gasteiger partial charge in [-0.15, -0.1) is 11.3 Å². The maximum Gasteiger partial charge on any atom is 0.142 e. The van der Waals surface area contributed by atoms with Gasteiger partial charge in [0.2, 0.25) is 0 Å². The number of thiophene rings is 1. The average molecular weight is 372 g/mol. The van der Waals surface area contributed by atoms with Crippen molar-refractivity contribution in [2.24, 2.45) is 11.3 Å². The van der Waals surface area contributed by atoms with Crippen molar-refractivity contribution in [2.75, 3.05) is 5.32 Å². The van der Waals surface area contributed by atoms with Crippen molar-refractivity contribution in [3.8, 4) is 0 Å². The lowest BCUT2D eigenvalue weighted by Gasteiger charge is -2.33. The zero-order chi connectivity index (χ0) is 17.6. The lowest BCUT2D eigenvalue weighted by molar-refractivity contribution is 0.218. The first kappa shape index (κ1) is 16.8. The molecule has 0 spiro atoms. The Morgan fingerprint density at radius 1 is 1.24 bits per heavy atom. The van der Waals surface area contributed by atoms with Crippen molar-refractivity contribution in [1.29, 1.82) is 0 Å². The van der Waals surface area contributed by atoms with Gasteiger partial charge < -0.3 is 5.32 Å². The van der Waals surface area contributed by atoms with Gasteiger partial charge in [0, 0.05) is 15.6 Å². The molecule has 2 aromatic heterocycles. The first-order valence-corrected chi connectivity index (χ1v) is 9.89. The van der Waals surface area contributed by atoms with Crippen LogP contribution in [0.25, 0.3) is 10.2 Å². The van der Waals surface area contributed by atoms with Crippen LogP contribution in [-0.4, -0.2) is 9.97 Å². The number of fused-ring (bicyclic) bond motifs is 3. The zero-order valence-corrected chi connectivity index (χ0v) is 16.3. The monoisotopic (exact) mass is 371 g/mol. The fourth-order valence-electron chi connectivity index (χ4n) is 3.65. The number of aryl methyl sites for hydroxylation is 1. The Labute approximate surface area is 157 Å². The van der Waals surface area contributed by atoms with Crippen molar-refractivity contribution in [3.05, 3.63) is 46.1 Å². The van der Waals surface area contributed by atoms with Crippen LogP contribution in [0.3, 0.4) is 0 Å². The molecule has 0 saturated carbocycles. The van der Waals surface area contributed by atoms with E-state index < -0.39 is 0 Å². The third-order valence-electron chi connectivity index (χ3n) is 5.16. The van der Waals surface area contributed by atoms with Gasteiger partial charge in [0.15, 0.2) is 0 Å². The summed E-state index contributed by atoms with van der Waals surface area (Å²) >= 11 is 7.94. The lowest BCUT2D eigenvalue weighted by Crippen LogP contribution is -2.26. The highest BCUT2D eigenvalue weighted by molar-refractivity contribution is 7.19. The number of hydrogen-bond donors (Lipinski definition) is 1. The van der Waals surface area contributed by atoms with Crippen molar-refractivity contribution in [3.63, 3.8) is 0 Å². The zero-order valence-electron chi connectivity index (χ0n) is 14.8. The second-order valence-electron chi connectivity index (χ2n) is 7.85. The number of aromatic nitrogens is 2. The van der Waals surface area contributed by atoms with Crippen LogP contribution >= 0.6 is 22.9 Å². The number of nitrogens with one attached hydrogen (secondary N) is 1. The van der Waals surface area contributed by atoms with Crippen molar-refractivity contribution in [2.45, 2.75) is 40.0 Å². The largest absolute Gasteiger partial charge is 0.340 e. The van der Waals surface area contributed by atoms with Crippen LogP contribution in [-0.2, 0) is 12.8 Å². The van der Waals surface area contributed by atoms with Crippen molar-refractivity contribution < 1.29 is 0 Å². The van der Waals surface area contributed by atoms with Gasteiger partial charge in [0.1, 0.15) is 17.0 Å². The van der Waals surface area contributed by atoms with Crippen molar-refractivity contribution >= 4 is 44.7 Å². The second kappa shape index (κ2) is 6.26. The van der Waals surface area contributed by atoms with Gasteiger partial charge in [-0.2, -0.15) is 0 Å². The normalized spacial score (nSPS) is 17.5. The van der Waals surface area contributed by atoms with E-state index in [0.29, 0.717) is 5.41 Å². The molecule has 0 amide bonds. The standard InChI is InChI=1S/C20H22ClN3S/c1-20(2,3)12-7-8-15-16(9-12)25-19-17(15)18(22-11-23-19)24-14-6-4-5-13(21)10-14/h4-6,10-12H,7-9H2,1-3H3,(H,22,23,24). The van der Waals surface area contributed by atoms with Crippen LogP contribution in [0.2, 0.25) is 5.02 Å². The van der Waals surface area contributed by atoms with Gasteiger partial charge in [-0.1, -0.05) is 38.4 Å². The van der Waals surface area contributed by atoms with Gasteiger partial charge in [-0.3, -0.25) is 0 Å². The summed E-state index contributed by atoms with van der Waals surface area (Å²) in [6.07, 6.45) is 5.14. The first-order valence-electron chi connectivity index (χ1n) is 8.69. The molecule has 5 heteroatoms. The summed E-state index contributed by atoms with van der Waals surface area (Å²) in [6.45, 7) is 7.05. The molecule has 2 heterocycles. The molecule has 1 aliphatic rings. The molecule has 1 atom stereocenters. The maximum atomic E-state index is 6.11. The van der Waals surface area contributed by atoms with E-state index in [0.717, 1.165) is 40.1 Å². The quantitative estimate of drug-likeness (QED) is 0.579. The van der Waals surface area contributed by atoms with E-state index in [-0.39, 0.29) is 0 Å².